The molecule has 2 unspecified atom stereocenters. The maximum Gasteiger partial charge on any atom is 1.00 e. The second-order valence-corrected chi connectivity index (χ2v) is 16.0. The zero-order valence-corrected chi connectivity index (χ0v) is 40.0. The number of carbonyl (C=O) groups is 2. The summed E-state index contributed by atoms with van der Waals surface area (Å²) >= 11 is 0. The van der Waals surface area contributed by atoms with Gasteiger partial charge in [-0.2, -0.15) is 25.6 Å². The van der Waals surface area contributed by atoms with Gasteiger partial charge in [0.15, 0.2) is 23.7 Å². The van der Waals surface area contributed by atoms with E-state index in [0.717, 1.165) is 18.2 Å². The third kappa shape index (κ3) is 12.0. The van der Waals surface area contributed by atoms with Gasteiger partial charge in [0.2, 0.25) is 0 Å². The molecule has 292 valence electrons. The molecule has 5 N–H and O–H groups in total. The van der Waals surface area contributed by atoms with E-state index >= 15 is 0 Å². The van der Waals surface area contributed by atoms with E-state index in [4.69, 9.17) is 11.5 Å². The topological polar surface area (TPSA) is 344 Å². The predicted molar refractivity (Wildman–Crippen MR) is 199 cm³/mol. The van der Waals surface area contributed by atoms with Crippen molar-refractivity contribution in [3.63, 3.8) is 0 Å². The summed E-state index contributed by atoms with van der Waals surface area (Å²) in [7, 11) is -16.1. The zero-order valence-electron chi connectivity index (χ0n) is 31.5. The third-order valence-corrected chi connectivity index (χ3v) is 10.7. The maximum absolute atomic E-state index is 13.7. The molecule has 4 aromatic rings. The second kappa shape index (κ2) is 20.5. The minimum absolute atomic E-state index is 0. The van der Waals surface area contributed by atoms with Crippen molar-refractivity contribution in [2.75, 3.05) is 11.1 Å². The number of hydrogen-bond donors (Lipinski definition) is 3. The molecule has 60 heavy (non-hydrogen) atoms. The van der Waals surface area contributed by atoms with E-state index in [0.29, 0.717) is 17.8 Å². The van der Waals surface area contributed by atoms with Gasteiger partial charge in [-0.1, -0.05) is 18.2 Å². The van der Waals surface area contributed by atoms with Crippen molar-refractivity contribution in [2.45, 2.75) is 21.9 Å². The van der Waals surface area contributed by atoms with Crippen LogP contribution in [0.2, 0.25) is 0 Å². The normalized spacial score (nSPS) is 16.7. The van der Waals surface area contributed by atoms with Crippen LogP contribution < -0.4 is 105 Å². The van der Waals surface area contributed by atoms with E-state index in [2.05, 4.69) is 36.0 Å². The van der Waals surface area contributed by atoms with Crippen LogP contribution in [0, 0.1) is 0 Å². The Morgan fingerprint density at radius 3 is 1.83 bits per heavy atom. The number of nitrogen functional groups attached to an aromatic ring is 1. The van der Waals surface area contributed by atoms with E-state index in [1.165, 1.54) is 54.6 Å². The number of nitrogens with one attached hydrogen (secondary N) is 1. The number of Topliss-reactive ketones (excluding diaryl/α,β-unsaturated/α-hetero) is 1. The number of nitrogens with two attached hydrogens (primary N) is 2. The van der Waals surface area contributed by atoms with Crippen molar-refractivity contribution in [1.29, 1.82) is 0 Å². The van der Waals surface area contributed by atoms with Crippen molar-refractivity contribution < 1.29 is 137 Å². The molecule has 4 aromatic carbocycles. The van der Waals surface area contributed by atoms with Gasteiger partial charge in [-0.15, -0.1) is 5.11 Å². The van der Waals surface area contributed by atoms with Crippen LogP contribution in [0.3, 0.4) is 0 Å². The molecule has 0 saturated carbocycles. The van der Waals surface area contributed by atoms with Gasteiger partial charge in [-0.05, 0) is 84.5 Å². The number of rotatable bonds is 11. The van der Waals surface area contributed by atoms with Crippen LogP contribution in [0.5, 0.6) is 0 Å². The van der Waals surface area contributed by atoms with Gasteiger partial charge < -0.3 is 30.4 Å². The first-order valence-electron chi connectivity index (χ1n) is 15.9. The van der Waals surface area contributed by atoms with Crippen LogP contribution in [0.1, 0.15) is 15.9 Å². The molecule has 2 aliphatic rings. The fourth-order valence-electron chi connectivity index (χ4n) is 5.38. The Morgan fingerprint density at radius 1 is 0.633 bits per heavy atom. The number of fused-ring (bicyclic) bond motifs is 1. The molecule has 0 aromatic heterocycles. The van der Waals surface area contributed by atoms with E-state index in [1.807, 2.05) is 0 Å². The number of anilines is 3. The van der Waals surface area contributed by atoms with Gasteiger partial charge in [-0.3, -0.25) is 9.59 Å². The monoisotopic (exact) mass is 899 g/mol. The summed E-state index contributed by atoms with van der Waals surface area (Å²) in [6.07, 6.45) is 4.87. The molecule has 0 spiro atoms. The Labute approximate surface area is 408 Å². The standard InChI is InChI=1S/C34H27N9O11S3.3Na/c35-19-6-12-24(26(44)16-19)41-38-22-9-7-20(8-10-22)37-25-13-11-23(17-27(25)55(46,47)48)40-42-32-28(56(49,50)51)14-18-15-29(57(52,53)54)33(34(45)30(18)31(32)36)43-39-21-4-2-1-3-5-21;;;/h1-17,24,33,37H,35-36H2,(H,46,47,48)(H,49,50,51)(H,52,53,54);;;/q;3*+1/p-3. The third-order valence-electron chi connectivity index (χ3n) is 8.01. The largest absolute Gasteiger partial charge is 1.00 e. The number of azo groups is 3. The van der Waals surface area contributed by atoms with E-state index in [1.54, 1.807) is 18.2 Å². The molecule has 0 amide bonds. The summed E-state index contributed by atoms with van der Waals surface area (Å²) in [5.41, 5.74) is 9.48. The van der Waals surface area contributed by atoms with Crippen molar-refractivity contribution >= 4 is 87.8 Å². The summed E-state index contributed by atoms with van der Waals surface area (Å²) in [5.74, 6) is -1.57. The molecule has 0 fully saturated rings. The van der Waals surface area contributed by atoms with Crippen molar-refractivity contribution in [2.24, 2.45) is 36.4 Å². The van der Waals surface area contributed by atoms with Crippen molar-refractivity contribution in [3.05, 3.63) is 119 Å². The molecule has 0 bridgehead atoms. The molecule has 0 aliphatic heterocycles. The Balaban J connectivity index is 0.00000320. The van der Waals surface area contributed by atoms with Gasteiger partial charge in [-0.25, -0.2) is 25.3 Å². The molecule has 0 saturated heterocycles. The number of carbonyl (C=O) groups excluding carboxylic acids is 2. The average Bonchev–Trinajstić information content (AvgIpc) is 3.13. The summed E-state index contributed by atoms with van der Waals surface area (Å²) in [5, 5.41) is 25.8. The Bertz CT molecular complexity index is 2880. The molecular weight excluding hydrogens is 876 g/mol. The number of allylic oxidation sites excluding steroid dienone is 1. The molecule has 26 heteroatoms. The van der Waals surface area contributed by atoms with Crippen LogP contribution in [-0.2, 0) is 35.1 Å². The first-order valence-corrected chi connectivity index (χ1v) is 20.1. The number of nitrogens with zero attached hydrogens (tertiary/aromatic N) is 6. The van der Waals surface area contributed by atoms with Crippen LogP contribution in [0.4, 0.5) is 39.8 Å². The summed E-state index contributed by atoms with van der Waals surface area (Å²) in [6.45, 7) is 0. The minimum Gasteiger partial charge on any atom is -0.744 e. The summed E-state index contributed by atoms with van der Waals surface area (Å²) in [6, 6.07) is 14.4. The molecule has 6 rings (SSSR count). The first-order chi connectivity index (χ1) is 26.8. The van der Waals surface area contributed by atoms with Crippen molar-refractivity contribution in [1.82, 2.24) is 0 Å². The zero-order chi connectivity index (χ0) is 41.3. The summed E-state index contributed by atoms with van der Waals surface area (Å²) in [4.78, 5) is 22.6. The number of benzene rings is 4. The van der Waals surface area contributed by atoms with Gasteiger partial charge in [0.05, 0.1) is 48.7 Å². The summed E-state index contributed by atoms with van der Waals surface area (Å²) < 4.78 is 110. The SMILES string of the molecule is NC1=CC(=O)C(N=Nc2ccc(Nc3ccc(N=Nc4c(S(=O)(=O)[O-])cc5c(c4N)C(=O)C(N=Nc4ccccc4)C(S(=O)(=O)[O-])=C5)cc3S(=O)(=O)[O-])cc2)C=C1.[Na+].[Na+].[Na+]. The molecule has 2 aliphatic carbocycles. The quantitative estimate of drug-likeness (QED) is 0.0558. The Morgan fingerprint density at radius 2 is 1.23 bits per heavy atom. The number of hydrogen-bond acceptors (Lipinski definition) is 20. The van der Waals surface area contributed by atoms with Gasteiger partial charge in [0, 0.05) is 17.5 Å². The Kier molecular flexibility index (Phi) is 17.3. The van der Waals surface area contributed by atoms with Gasteiger partial charge >= 0.3 is 88.7 Å². The molecule has 2 atom stereocenters. The fourth-order valence-corrected chi connectivity index (χ4v) is 7.39. The Hall–Kier alpha value is -3.63. The molecule has 0 radical (unpaired) electrons. The number of ketones is 2. The predicted octanol–water partition coefficient (Wildman–Crippen LogP) is -4.08. The van der Waals surface area contributed by atoms with Crippen LogP contribution in [0.25, 0.3) is 6.08 Å². The first kappa shape index (κ1) is 50.7. The molecule has 20 nitrogen and oxygen atoms in total. The van der Waals surface area contributed by atoms with Gasteiger partial charge in [0.25, 0.3) is 0 Å². The molecule has 0 heterocycles. The molecular formula is C34H24N9Na3O11S3. The average molecular weight is 900 g/mol. The smallest absolute Gasteiger partial charge is 0.744 e. The second-order valence-electron chi connectivity index (χ2n) is 11.9. The van der Waals surface area contributed by atoms with E-state index in [-0.39, 0.29) is 123 Å². The minimum atomic E-state index is -5.50. The fraction of sp³-hybridized carbons (Fsp3) is 0.0588. The van der Waals surface area contributed by atoms with E-state index in [9.17, 15) is 48.5 Å². The van der Waals surface area contributed by atoms with E-state index < -0.39 is 85.4 Å². The van der Waals surface area contributed by atoms with Crippen LogP contribution >= 0.6 is 0 Å². The van der Waals surface area contributed by atoms with Crippen LogP contribution in [0.15, 0.2) is 148 Å². The van der Waals surface area contributed by atoms with Crippen LogP contribution in [-0.4, -0.2) is 62.6 Å². The maximum atomic E-state index is 13.7. The van der Waals surface area contributed by atoms with Gasteiger partial charge in [0.1, 0.15) is 36.0 Å². The van der Waals surface area contributed by atoms with Crippen molar-refractivity contribution in [3.8, 4) is 0 Å².